The molecule has 3 aromatic rings. The van der Waals surface area contributed by atoms with Gasteiger partial charge < -0.3 is 18.8 Å². The molecule has 0 spiro atoms. The summed E-state index contributed by atoms with van der Waals surface area (Å²) in [5, 5.41) is 0.810. The number of carbonyl (C=O) groups excluding carboxylic acids is 1. The highest BCUT2D eigenvalue weighted by molar-refractivity contribution is 5.93. The summed E-state index contributed by atoms with van der Waals surface area (Å²) in [5.41, 5.74) is 1.73. The standard InChI is InChI=1S/C22H21NO5/c1-15(22(25)23-9-11-26-12-10-23)27-17-7-8-18-19(16-5-3-2-4-6-16)14-21(24)28-20(18)13-17/h2-8,13-15H,9-12H2,1H3. The lowest BCUT2D eigenvalue weighted by Gasteiger charge is -2.29. The lowest BCUT2D eigenvalue weighted by atomic mass is 10.0. The molecule has 0 aliphatic carbocycles. The molecule has 0 bridgehead atoms. The predicted molar refractivity (Wildman–Crippen MR) is 105 cm³/mol. The zero-order valence-electron chi connectivity index (χ0n) is 15.6. The van der Waals surface area contributed by atoms with Crippen LogP contribution < -0.4 is 10.4 Å². The van der Waals surface area contributed by atoms with E-state index in [1.165, 1.54) is 6.07 Å². The Labute approximate surface area is 162 Å². The first-order chi connectivity index (χ1) is 13.6. The predicted octanol–water partition coefficient (Wildman–Crippen LogP) is 3.09. The maximum absolute atomic E-state index is 12.5. The number of hydrogen-bond acceptors (Lipinski definition) is 5. The number of morpholine rings is 1. The summed E-state index contributed by atoms with van der Waals surface area (Å²) in [4.78, 5) is 26.3. The monoisotopic (exact) mass is 379 g/mol. The van der Waals surface area contributed by atoms with Crippen LogP contribution in [0.25, 0.3) is 22.1 Å². The van der Waals surface area contributed by atoms with E-state index >= 15 is 0 Å². The highest BCUT2D eigenvalue weighted by Crippen LogP contribution is 2.30. The summed E-state index contributed by atoms with van der Waals surface area (Å²) in [5.74, 6) is 0.401. The summed E-state index contributed by atoms with van der Waals surface area (Å²) in [7, 11) is 0. The Bertz CT molecular complexity index is 1040. The molecule has 2 aromatic carbocycles. The molecule has 1 aromatic heterocycles. The first kappa shape index (κ1) is 18.3. The Kier molecular flexibility index (Phi) is 5.12. The van der Waals surface area contributed by atoms with E-state index in [4.69, 9.17) is 13.9 Å². The van der Waals surface area contributed by atoms with Crippen LogP contribution in [0.15, 0.2) is 63.8 Å². The molecule has 6 nitrogen and oxygen atoms in total. The molecule has 0 N–H and O–H groups in total. The van der Waals surface area contributed by atoms with Gasteiger partial charge in [0.25, 0.3) is 5.91 Å². The molecule has 1 aliphatic heterocycles. The first-order valence-corrected chi connectivity index (χ1v) is 9.28. The van der Waals surface area contributed by atoms with Crippen molar-refractivity contribution in [2.24, 2.45) is 0 Å². The SMILES string of the molecule is CC(Oc1ccc2c(-c3ccccc3)cc(=O)oc2c1)C(=O)N1CCOCC1. The fraction of sp³-hybridized carbons (Fsp3) is 0.273. The van der Waals surface area contributed by atoms with Gasteiger partial charge in [0.15, 0.2) is 6.10 Å². The molecule has 1 fully saturated rings. The molecule has 4 rings (SSSR count). The van der Waals surface area contributed by atoms with Crippen molar-refractivity contribution in [3.05, 3.63) is 65.0 Å². The number of hydrogen-bond donors (Lipinski definition) is 0. The Morgan fingerprint density at radius 1 is 1.07 bits per heavy atom. The normalized spacial score (nSPS) is 15.4. The van der Waals surface area contributed by atoms with E-state index in [0.29, 0.717) is 37.6 Å². The van der Waals surface area contributed by atoms with Gasteiger partial charge in [-0.1, -0.05) is 30.3 Å². The average Bonchev–Trinajstić information content (AvgIpc) is 2.73. The van der Waals surface area contributed by atoms with Crippen LogP contribution in [0.4, 0.5) is 0 Å². The third-order valence-corrected chi connectivity index (χ3v) is 4.78. The van der Waals surface area contributed by atoms with Crippen LogP contribution >= 0.6 is 0 Å². The van der Waals surface area contributed by atoms with Gasteiger partial charge in [-0.25, -0.2) is 4.79 Å². The quantitative estimate of drug-likeness (QED) is 0.652. The van der Waals surface area contributed by atoms with Crippen LogP contribution in [0.3, 0.4) is 0 Å². The summed E-state index contributed by atoms with van der Waals surface area (Å²) in [6.45, 7) is 3.95. The number of benzene rings is 2. The third kappa shape index (κ3) is 3.77. The molecular weight excluding hydrogens is 358 g/mol. The van der Waals surface area contributed by atoms with Crippen LogP contribution in [0.2, 0.25) is 0 Å². The van der Waals surface area contributed by atoms with Crippen LogP contribution in [-0.4, -0.2) is 43.2 Å². The van der Waals surface area contributed by atoms with Crippen LogP contribution in [0, 0.1) is 0 Å². The zero-order valence-corrected chi connectivity index (χ0v) is 15.6. The Hall–Kier alpha value is -3.12. The number of nitrogens with zero attached hydrogens (tertiary/aromatic N) is 1. The molecule has 144 valence electrons. The van der Waals surface area contributed by atoms with E-state index in [2.05, 4.69) is 0 Å². The third-order valence-electron chi connectivity index (χ3n) is 4.78. The van der Waals surface area contributed by atoms with Crippen LogP contribution in [-0.2, 0) is 9.53 Å². The van der Waals surface area contributed by atoms with Crippen molar-refractivity contribution >= 4 is 16.9 Å². The number of amides is 1. The molecule has 1 aliphatic rings. The maximum atomic E-state index is 12.5. The molecule has 1 unspecified atom stereocenters. The van der Waals surface area contributed by atoms with E-state index < -0.39 is 11.7 Å². The summed E-state index contributed by atoms with van der Waals surface area (Å²) in [6, 6.07) is 16.5. The van der Waals surface area contributed by atoms with Crippen molar-refractivity contribution in [1.29, 1.82) is 0 Å². The second-order valence-electron chi connectivity index (χ2n) is 6.70. The van der Waals surface area contributed by atoms with E-state index in [-0.39, 0.29) is 5.91 Å². The topological polar surface area (TPSA) is 69.0 Å². The Balaban J connectivity index is 1.61. The maximum Gasteiger partial charge on any atom is 0.336 e. The van der Waals surface area contributed by atoms with Crippen LogP contribution in [0.1, 0.15) is 6.92 Å². The molecule has 1 atom stereocenters. The molecule has 0 saturated carbocycles. The van der Waals surface area contributed by atoms with E-state index in [1.807, 2.05) is 36.4 Å². The van der Waals surface area contributed by atoms with E-state index in [9.17, 15) is 9.59 Å². The molecule has 28 heavy (non-hydrogen) atoms. The smallest absolute Gasteiger partial charge is 0.336 e. The minimum absolute atomic E-state index is 0.0807. The lowest BCUT2D eigenvalue weighted by Crippen LogP contribution is -2.46. The minimum Gasteiger partial charge on any atom is -0.481 e. The number of carbonyl (C=O) groups is 1. The highest BCUT2D eigenvalue weighted by atomic mass is 16.5. The minimum atomic E-state index is -0.639. The van der Waals surface area contributed by atoms with Gasteiger partial charge in [-0.2, -0.15) is 0 Å². The zero-order chi connectivity index (χ0) is 19.5. The van der Waals surface area contributed by atoms with Gasteiger partial charge >= 0.3 is 5.63 Å². The Morgan fingerprint density at radius 3 is 2.57 bits per heavy atom. The van der Waals surface area contributed by atoms with Crippen molar-refractivity contribution < 1.29 is 18.7 Å². The average molecular weight is 379 g/mol. The van der Waals surface area contributed by atoms with Crippen molar-refractivity contribution in [2.45, 2.75) is 13.0 Å². The van der Waals surface area contributed by atoms with E-state index in [0.717, 1.165) is 16.5 Å². The summed E-state index contributed by atoms with van der Waals surface area (Å²) < 4.78 is 16.5. The van der Waals surface area contributed by atoms with Crippen molar-refractivity contribution in [3.8, 4) is 16.9 Å². The van der Waals surface area contributed by atoms with Gasteiger partial charge in [0.1, 0.15) is 11.3 Å². The van der Waals surface area contributed by atoms with Crippen LogP contribution in [0.5, 0.6) is 5.75 Å². The van der Waals surface area contributed by atoms with E-state index in [1.54, 1.807) is 24.0 Å². The van der Waals surface area contributed by atoms with Crippen molar-refractivity contribution in [3.63, 3.8) is 0 Å². The number of ether oxygens (including phenoxy) is 2. The number of rotatable bonds is 4. The van der Waals surface area contributed by atoms with Gasteiger partial charge in [0.05, 0.1) is 13.2 Å². The highest BCUT2D eigenvalue weighted by Gasteiger charge is 2.24. The second-order valence-corrected chi connectivity index (χ2v) is 6.70. The fourth-order valence-electron chi connectivity index (χ4n) is 3.37. The summed E-state index contributed by atoms with van der Waals surface area (Å²) in [6.07, 6.45) is -0.639. The van der Waals surface area contributed by atoms with Gasteiger partial charge in [-0.15, -0.1) is 0 Å². The largest absolute Gasteiger partial charge is 0.481 e. The molecule has 2 heterocycles. The van der Waals surface area contributed by atoms with Gasteiger partial charge in [0, 0.05) is 30.6 Å². The van der Waals surface area contributed by atoms with Gasteiger partial charge in [-0.05, 0) is 30.2 Å². The van der Waals surface area contributed by atoms with Crippen molar-refractivity contribution in [2.75, 3.05) is 26.3 Å². The molecule has 6 heteroatoms. The Morgan fingerprint density at radius 2 is 1.82 bits per heavy atom. The summed E-state index contributed by atoms with van der Waals surface area (Å²) >= 11 is 0. The molecular formula is C22H21NO5. The van der Waals surface area contributed by atoms with Gasteiger partial charge in [-0.3, -0.25) is 4.79 Å². The molecule has 1 saturated heterocycles. The lowest BCUT2D eigenvalue weighted by molar-refractivity contribution is -0.142. The van der Waals surface area contributed by atoms with Gasteiger partial charge in [0.2, 0.25) is 0 Å². The molecule has 0 radical (unpaired) electrons. The fourth-order valence-corrected chi connectivity index (χ4v) is 3.37. The first-order valence-electron chi connectivity index (χ1n) is 9.28. The van der Waals surface area contributed by atoms with Crippen molar-refractivity contribution in [1.82, 2.24) is 4.90 Å². The second kappa shape index (κ2) is 7.86. The number of fused-ring (bicyclic) bond motifs is 1. The molecule has 1 amide bonds.